The smallest absolute Gasteiger partial charge is 0.416 e. The van der Waals surface area contributed by atoms with Crippen LogP contribution in [0.2, 0.25) is 5.02 Å². The molecular formula is C21H18ClF3N2O4S2. The van der Waals surface area contributed by atoms with Gasteiger partial charge in [0.25, 0.3) is 5.91 Å². The predicted molar refractivity (Wildman–Crippen MR) is 122 cm³/mol. The van der Waals surface area contributed by atoms with E-state index in [1.807, 2.05) is 0 Å². The molecule has 0 aromatic heterocycles. The molecule has 176 valence electrons. The molecular weight excluding hydrogens is 501 g/mol. The van der Waals surface area contributed by atoms with Crippen LogP contribution in [0.3, 0.4) is 0 Å². The molecule has 2 aromatic rings. The zero-order valence-electron chi connectivity index (χ0n) is 17.2. The number of halogens is 4. The molecule has 2 saturated heterocycles. The van der Waals surface area contributed by atoms with Crippen molar-refractivity contribution in [2.45, 2.75) is 23.9 Å². The summed E-state index contributed by atoms with van der Waals surface area (Å²) >= 11 is 7.30. The second-order valence-electron chi connectivity index (χ2n) is 7.61. The van der Waals surface area contributed by atoms with Gasteiger partial charge in [-0.3, -0.25) is 4.79 Å². The average Bonchev–Trinajstić information content (AvgIpc) is 3.18. The van der Waals surface area contributed by atoms with E-state index in [4.69, 9.17) is 16.3 Å². The van der Waals surface area contributed by atoms with Crippen LogP contribution < -0.4 is 9.64 Å². The van der Waals surface area contributed by atoms with Crippen LogP contribution in [0.5, 0.6) is 5.75 Å². The number of anilines is 1. The quantitative estimate of drug-likeness (QED) is 0.603. The minimum atomic E-state index is -4.62. The van der Waals surface area contributed by atoms with Gasteiger partial charge in [-0.05, 0) is 24.3 Å². The number of sulfone groups is 1. The minimum absolute atomic E-state index is 0.00146. The summed E-state index contributed by atoms with van der Waals surface area (Å²) in [5, 5.41) is -0.349. The molecule has 0 aliphatic carbocycles. The van der Waals surface area contributed by atoms with Crippen molar-refractivity contribution in [1.82, 2.24) is 0 Å². The van der Waals surface area contributed by atoms with E-state index in [0.717, 1.165) is 30.0 Å². The number of methoxy groups -OCH3 is 1. The lowest BCUT2D eigenvalue weighted by molar-refractivity contribution is -0.137. The number of amidine groups is 1. The zero-order chi connectivity index (χ0) is 24.0. The molecule has 12 heteroatoms. The summed E-state index contributed by atoms with van der Waals surface area (Å²) in [7, 11) is -1.92. The number of amides is 1. The van der Waals surface area contributed by atoms with Crippen molar-refractivity contribution in [3.8, 4) is 5.75 Å². The number of para-hydroxylation sites is 1. The van der Waals surface area contributed by atoms with E-state index in [-0.39, 0.29) is 33.8 Å². The Morgan fingerprint density at radius 1 is 1.24 bits per heavy atom. The Bertz CT molecular complexity index is 1230. The highest BCUT2D eigenvalue weighted by molar-refractivity contribution is 8.16. The van der Waals surface area contributed by atoms with Gasteiger partial charge in [-0.15, -0.1) is 0 Å². The Labute approximate surface area is 197 Å². The first-order valence-electron chi connectivity index (χ1n) is 9.75. The summed E-state index contributed by atoms with van der Waals surface area (Å²) in [6, 6.07) is 9.04. The molecule has 33 heavy (non-hydrogen) atoms. The molecule has 6 nitrogen and oxygen atoms in total. The monoisotopic (exact) mass is 518 g/mol. The van der Waals surface area contributed by atoms with E-state index in [2.05, 4.69) is 4.99 Å². The largest absolute Gasteiger partial charge is 0.496 e. The Hall–Kier alpha value is -2.24. The Morgan fingerprint density at radius 2 is 1.97 bits per heavy atom. The third-order valence-corrected chi connectivity index (χ3v) is 8.88. The van der Waals surface area contributed by atoms with Crippen LogP contribution in [0.1, 0.15) is 11.1 Å². The van der Waals surface area contributed by atoms with Crippen LogP contribution in [-0.2, 0) is 27.2 Å². The maximum atomic E-state index is 13.3. The number of rotatable bonds is 4. The molecule has 2 aliphatic heterocycles. The van der Waals surface area contributed by atoms with Gasteiger partial charge in [0.1, 0.15) is 5.75 Å². The standard InChI is InChI=1S/C21H18ClF3N2O4S2/c1-31-17-5-3-2-4-12(17)8-19(28)26-20-27(16-10-33(29,30)11-18(16)32-20)15-9-13(21(23,24)25)6-7-14(15)22/h2-7,9,16,18H,8,10-11H2,1H3/t16-,18-/m0/s1. The fraction of sp³-hybridized carbons (Fsp3) is 0.333. The Kier molecular flexibility index (Phi) is 6.41. The molecule has 2 atom stereocenters. The lowest BCUT2D eigenvalue weighted by Gasteiger charge is -2.26. The predicted octanol–water partition coefficient (Wildman–Crippen LogP) is 4.21. The highest BCUT2D eigenvalue weighted by Crippen LogP contribution is 2.44. The van der Waals surface area contributed by atoms with Crippen molar-refractivity contribution in [2.24, 2.45) is 4.99 Å². The molecule has 2 aromatic carbocycles. The van der Waals surface area contributed by atoms with Crippen molar-refractivity contribution >= 4 is 50.0 Å². The molecule has 2 fully saturated rings. The lowest BCUT2D eigenvalue weighted by atomic mass is 10.1. The number of ether oxygens (including phenoxy) is 1. The van der Waals surface area contributed by atoms with Gasteiger partial charge in [-0.2, -0.15) is 18.2 Å². The van der Waals surface area contributed by atoms with Gasteiger partial charge < -0.3 is 9.64 Å². The normalized spacial score (nSPS) is 23.1. The first-order valence-corrected chi connectivity index (χ1v) is 12.8. The molecule has 4 rings (SSSR count). The number of fused-ring (bicyclic) bond motifs is 1. The van der Waals surface area contributed by atoms with Gasteiger partial charge in [0.2, 0.25) is 0 Å². The van der Waals surface area contributed by atoms with E-state index in [1.54, 1.807) is 24.3 Å². The molecule has 0 saturated carbocycles. The van der Waals surface area contributed by atoms with Crippen LogP contribution in [0, 0.1) is 0 Å². The second-order valence-corrected chi connectivity index (χ2v) is 11.4. The number of alkyl halides is 3. The lowest BCUT2D eigenvalue weighted by Crippen LogP contribution is -2.38. The summed E-state index contributed by atoms with van der Waals surface area (Å²) in [4.78, 5) is 18.3. The number of hydrogen-bond acceptors (Lipinski definition) is 5. The Balaban J connectivity index is 1.73. The molecule has 2 aliphatic rings. The maximum Gasteiger partial charge on any atom is 0.416 e. The van der Waals surface area contributed by atoms with E-state index in [9.17, 15) is 26.4 Å². The van der Waals surface area contributed by atoms with Crippen LogP contribution in [0.15, 0.2) is 47.5 Å². The molecule has 0 bridgehead atoms. The summed E-state index contributed by atoms with van der Waals surface area (Å²) in [6.45, 7) is 0. The molecule has 1 amide bonds. The van der Waals surface area contributed by atoms with Crippen molar-refractivity contribution in [2.75, 3.05) is 23.5 Å². The van der Waals surface area contributed by atoms with E-state index >= 15 is 0 Å². The second kappa shape index (κ2) is 8.84. The van der Waals surface area contributed by atoms with Crippen molar-refractivity contribution in [3.63, 3.8) is 0 Å². The number of carbonyl (C=O) groups is 1. The van der Waals surface area contributed by atoms with Gasteiger partial charge in [0, 0.05) is 10.8 Å². The van der Waals surface area contributed by atoms with Gasteiger partial charge in [-0.25, -0.2) is 8.42 Å². The zero-order valence-corrected chi connectivity index (χ0v) is 19.6. The maximum absolute atomic E-state index is 13.3. The van der Waals surface area contributed by atoms with Crippen LogP contribution >= 0.6 is 23.4 Å². The fourth-order valence-corrected chi connectivity index (χ4v) is 8.01. The third-order valence-electron chi connectivity index (χ3n) is 5.35. The molecule has 2 heterocycles. The fourth-order valence-electron chi connectivity index (χ4n) is 3.88. The van der Waals surface area contributed by atoms with Gasteiger partial charge in [-0.1, -0.05) is 41.6 Å². The summed E-state index contributed by atoms with van der Waals surface area (Å²) in [5.41, 5.74) is -0.368. The van der Waals surface area contributed by atoms with Crippen molar-refractivity contribution in [1.29, 1.82) is 0 Å². The minimum Gasteiger partial charge on any atom is -0.496 e. The van der Waals surface area contributed by atoms with Crippen LogP contribution in [-0.4, -0.2) is 49.4 Å². The number of benzene rings is 2. The summed E-state index contributed by atoms with van der Waals surface area (Å²) < 4.78 is 69.7. The van der Waals surface area contributed by atoms with E-state index in [0.29, 0.717) is 11.3 Å². The summed E-state index contributed by atoms with van der Waals surface area (Å²) in [6.07, 6.45) is -4.71. The van der Waals surface area contributed by atoms with Crippen LogP contribution in [0.4, 0.5) is 18.9 Å². The molecule has 0 radical (unpaired) electrons. The number of hydrogen-bond donors (Lipinski definition) is 0. The summed E-state index contributed by atoms with van der Waals surface area (Å²) in [5.74, 6) is -0.463. The third kappa shape index (κ3) is 4.99. The van der Waals surface area contributed by atoms with Crippen molar-refractivity contribution in [3.05, 3.63) is 58.6 Å². The molecule has 0 spiro atoms. The van der Waals surface area contributed by atoms with Crippen LogP contribution in [0.25, 0.3) is 0 Å². The topological polar surface area (TPSA) is 76.0 Å². The first-order chi connectivity index (χ1) is 15.5. The Morgan fingerprint density at radius 3 is 2.67 bits per heavy atom. The SMILES string of the molecule is COc1ccccc1CC(=O)N=C1S[C@H]2CS(=O)(=O)C[C@@H]2N1c1cc(C(F)(F)F)ccc1Cl. The first kappa shape index (κ1) is 23.9. The highest BCUT2D eigenvalue weighted by Gasteiger charge is 2.50. The van der Waals surface area contributed by atoms with Gasteiger partial charge in [0.15, 0.2) is 15.0 Å². The molecule has 0 unspecified atom stereocenters. The van der Waals surface area contributed by atoms with Gasteiger partial charge in [0.05, 0.1) is 47.4 Å². The average molecular weight is 519 g/mol. The number of nitrogens with zero attached hydrogens (tertiary/aromatic N) is 2. The molecule has 0 N–H and O–H groups in total. The highest BCUT2D eigenvalue weighted by atomic mass is 35.5. The number of carbonyl (C=O) groups excluding carboxylic acids is 1. The van der Waals surface area contributed by atoms with E-state index in [1.165, 1.54) is 12.0 Å². The number of thioether (sulfide) groups is 1. The number of aliphatic imine (C=N–C) groups is 1. The van der Waals surface area contributed by atoms with Crippen molar-refractivity contribution < 1.29 is 31.1 Å². The van der Waals surface area contributed by atoms with E-state index < -0.39 is 38.8 Å². The van der Waals surface area contributed by atoms with Gasteiger partial charge >= 0.3 is 6.18 Å².